The van der Waals surface area contributed by atoms with Crippen LogP contribution in [0, 0.1) is 11.6 Å². The van der Waals surface area contributed by atoms with Gasteiger partial charge in [-0.2, -0.15) is 0 Å². The lowest BCUT2D eigenvalue weighted by Crippen LogP contribution is -2.35. The van der Waals surface area contributed by atoms with Crippen LogP contribution in [0.4, 0.5) is 14.5 Å². The molecule has 1 aliphatic rings. The van der Waals surface area contributed by atoms with E-state index in [0.29, 0.717) is 35.7 Å². The molecule has 0 amide bonds. The summed E-state index contributed by atoms with van der Waals surface area (Å²) in [5, 5.41) is 4.45. The van der Waals surface area contributed by atoms with Crippen LogP contribution in [-0.4, -0.2) is 6.54 Å². The van der Waals surface area contributed by atoms with Gasteiger partial charge in [-0.15, -0.1) is 0 Å². The summed E-state index contributed by atoms with van der Waals surface area (Å²) in [5.41, 5.74) is 9.11. The molecule has 0 saturated heterocycles. The molecule has 0 saturated carbocycles. The van der Waals surface area contributed by atoms with Gasteiger partial charge in [-0.1, -0.05) is 30.3 Å². The van der Waals surface area contributed by atoms with E-state index in [-0.39, 0.29) is 0 Å². The highest BCUT2D eigenvalue weighted by Crippen LogP contribution is 2.28. The van der Waals surface area contributed by atoms with Gasteiger partial charge < -0.3 is 11.1 Å². The number of nitrogens with zero attached hydrogens (tertiary/aromatic N) is 1. The van der Waals surface area contributed by atoms with E-state index in [9.17, 15) is 8.78 Å². The minimum absolute atomic E-state index is 0.381. The zero-order chi connectivity index (χ0) is 15.7. The number of nitrogens with one attached hydrogen (secondary N) is 1. The summed E-state index contributed by atoms with van der Waals surface area (Å²) in [6.45, 7) is 0.779. The van der Waals surface area contributed by atoms with Crippen LogP contribution in [-0.2, 0) is 6.54 Å². The van der Waals surface area contributed by atoms with E-state index in [2.05, 4.69) is 5.32 Å². The van der Waals surface area contributed by atoms with E-state index < -0.39 is 11.6 Å². The first-order valence-corrected chi connectivity index (χ1v) is 6.85. The number of rotatable bonds is 1. The second-order valence-corrected chi connectivity index (χ2v) is 5.09. The molecule has 1 heterocycles. The molecule has 0 unspecified atom stereocenters. The van der Waals surface area contributed by atoms with E-state index in [1.54, 1.807) is 0 Å². The molecule has 5 N–H and O–H groups in total. The molecule has 114 valence electrons. The number of benzene rings is 2. The van der Waals surface area contributed by atoms with Gasteiger partial charge >= 0.3 is 0 Å². The van der Waals surface area contributed by atoms with Crippen molar-refractivity contribution in [3.63, 3.8) is 0 Å². The van der Waals surface area contributed by atoms with Gasteiger partial charge in [0.25, 0.3) is 0 Å². The van der Waals surface area contributed by atoms with Crippen LogP contribution in [0.2, 0.25) is 0 Å². The predicted octanol–water partition coefficient (Wildman–Crippen LogP) is 2.08. The van der Waals surface area contributed by atoms with Crippen molar-refractivity contribution in [2.45, 2.75) is 6.54 Å². The lowest BCUT2D eigenvalue weighted by Gasteiger charge is -2.23. The Morgan fingerprint density at radius 2 is 1.73 bits per heavy atom. The van der Waals surface area contributed by atoms with Gasteiger partial charge in [-0.25, -0.2) is 14.6 Å². The molecule has 0 aliphatic carbocycles. The Kier molecular flexibility index (Phi) is 3.79. The second-order valence-electron chi connectivity index (χ2n) is 5.09. The largest absolute Gasteiger partial charge is 0.397 e. The van der Waals surface area contributed by atoms with Gasteiger partial charge in [0.2, 0.25) is 0 Å². The summed E-state index contributed by atoms with van der Waals surface area (Å²) in [5.74, 6) is 4.29. The van der Waals surface area contributed by atoms with Crippen molar-refractivity contribution in [1.29, 1.82) is 0 Å². The highest BCUT2D eigenvalue weighted by molar-refractivity contribution is 5.72. The summed E-state index contributed by atoms with van der Waals surface area (Å²) in [6, 6.07) is 11.6. The topological polar surface area (TPSA) is 67.3 Å². The third-order valence-electron chi connectivity index (χ3n) is 3.68. The second kappa shape index (κ2) is 5.75. The van der Waals surface area contributed by atoms with E-state index in [1.807, 2.05) is 30.3 Å². The average molecular weight is 302 g/mol. The van der Waals surface area contributed by atoms with Crippen molar-refractivity contribution < 1.29 is 8.78 Å². The molecule has 0 fully saturated rings. The third kappa shape index (κ3) is 2.54. The number of hydrogen-bond acceptors (Lipinski definition) is 4. The summed E-state index contributed by atoms with van der Waals surface area (Å²) in [7, 11) is 0. The number of anilines is 1. The number of halogens is 2. The molecule has 2 aromatic rings. The molecule has 0 atom stereocenters. The molecule has 4 nitrogen and oxygen atoms in total. The Labute approximate surface area is 127 Å². The normalized spacial score (nSPS) is 17.0. The van der Waals surface area contributed by atoms with Crippen molar-refractivity contribution in [3.8, 4) is 0 Å². The number of hydrazine groups is 1. The Morgan fingerprint density at radius 1 is 1.05 bits per heavy atom. The maximum Gasteiger partial charge on any atom is 0.160 e. The van der Waals surface area contributed by atoms with E-state index in [4.69, 9.17) is 11.6 Å². The van der Waals surface area contributed by atoms with Crippen LogP contribution < -0.4 is 21.9 Å². The standard InChI is InChI=1S/C16H16F2N4/c17-12-6-11-8-21-9-15(22(20)14(11)7-13(12)18)16(19)10-4-2-1-3-5-10/h1-7,21H,8-9,19-20H2/b16-15-. The van der Waals surface area contributed by atoms with Crippen molar-refractivity contribution in [2.24, 2.45) is 11.6 Å². The minimum Gasteiger partial charge on any atom is -0.397 e. The Morgan fingerprint density at radius 3 is 2.45 bits per heavy atom. The number of hydrogen-bond donors (Lipinski definition) is 3. The maximum atomic E-state index is 13.5. The first-order valence-electron chi connectivity index (χ1n) is 6.85. The summed E-state index contributed by atoms with van der Waals surface area (Å²) < 4.78 is 26.9. The van der Waals surface area contributed by atoms with Crippen molar-refractivity contribution in [2.75, 3.05) is 11.6 Å². The average Bonchev–Trinajstić information content (AvgIpc) is 2.68. The van der Waals surface area contributed by atoms with Gasteiger partial charge in [-0.3, -0.25) is 5.01 Å². The zero-order valence-corrected chi connectivity index (χ0v) is 11.8. The quantitative estimate of drug-likeness (QED) is 0.706. The van der Waals surface area contributed by atoms with Crippen LogP contribution in [0.1, 0.15) is 11.1 Å². The molecule has 0 aromatic heterocycles. The van der Waals surface area contributed by atoms with Crippen LogP contribution in [0.5, 0.6) is 0 Å². The Balaban J connectivity index is 2.10. The first-order chi connectivity index (χ1) is 10.6. The van der Waals surface area contributed by atoms with Gasteiger partial charge in [0.15, 0.2) is 11.6 Å². The Bertz CT molecular complexity index is 728. The van der Waals surface area contributed by atoms with Gasteiger partial charge in [0, 0.05) is 19.2 Å². The van der Waals surface area contributed by atoms with Crippen LogP contribution in [0.15, 0.2) is 48.2 Å². The van der Waals surface area contributed by atoms with E-state index in [0.717, 1.165) is 17.7 Å². The highest BCUT2D eigenvalue weighted by Gasteiger charge is 2.21. The van der Waals surface area contributed by atoms with Gasteiger partial charge in [0.1, 0.15) is 0 Å². The molecule has 22 heavy (non-hydrogen) atoms. The fourth-order valence-corrected chi connectivity index (χ4v) is 2.50. The summed E-state index contributed by atoms with van der Waals surface area (Å²) in [4.78, 5) is 0. The maximum absolute atomic E-state index is 13.5. The number of nitrogens with two attached hydrogens (primary N) is 2. The summed E-state index contributed by atoms with van der Waals surface area (Å²) in [6.07, 6.45) is 0. The molecule has 1 aliphatic heterocycles. The molecule has 0 bridgehead atoms. The lowest BCUT2D eigenvalue weighted by molar-refractivity contribution is 0.507. The summed E-state index contributed by atoms with van der Waals surface area (Å²) >= 11 is 0. The molecule has 2 aromatic carbocycles. The molecular formula is C16H16F2N4. The monoisotopic (exact) mass is 302 g/mol. The fraction of sp³-hybridized carbons (Fsp3) is 0.125. The molecule has 3 rings (SSSR count). The van der Waals surface area contributed by atoms with Gasteiger partial charge in [-0.05, 0) is 17.2 Å². The SMILES string of the molecule is N/C(=C1/CNCc2cc(F)c(F)cc2N1N)c1ccccc1. The van der Waals surface area contributed by atoms with Crippen molar-refractivity contribution >= 4 is 11.4 Å². The third-order valence-corrected chi connectivity index (χ3v) is 3.68. The van der Waals surface area contributed by atoms with E-state index >= 15 is 0 Å². The zero-order valence-electron chi connectivity index (χ0n) is 11.8. The van der Waals surface area contributed by atoms with Crippen molar-refractivity contribution in [3.05, 3.63) is 70.9 Å². The minimum atomic E-state index is -0.936. The first kappa shape index (κ1) is 14.5. The smallest absolute Gasteiger partial charge is 0.160 e. The fourth-order valence-electron chi connectivity index (χ4n) is 2.50. The van der Waals surface area contributed by atoms with E-state index in [1.165, 1.54) is 5.01 Å². The predicted molar refractivity (Wildman–Crippen MR) is 82.3 cm³/mol. The van der Waals surface area contributed by atoms with Crippen LogP contribution in [0.25, 0.3) is 5.70 Å². The van der Waals surface area contributed by atoms with Gasteiger partial charge in [0.05, 0.1) is 17.1 Å². The van der Waals surface area contributed by atoms with Crippen LogP contribution in [0.3, 0.4) is 0 Å². The highest BCUT2D eigenvalue weighted by atomic mass is 19.2. The molecule has 0 radical (unpaired) electrons. The molecule has 6 heteroatoms. The Hall–Kier alpha value is -2.44. The number of fused-ring (bicyclic) bond motifs is 1. The lowest BCUT2D eigenvalue weighted by atomic mass is 10.1. The molecular weight excluding hydrogens is 286 g/mol. The van der Waals surface area contributed by atoms with Crippen LogP contribution >= 0.6 is 0 Å². The molecule has 0 spiro atoms. The van der Waals surface area contributed by atoms with Crippen molar-refractivity contribution in [1.82, 2.24) is 5.32 Å².